The number of urea groups is 1. The lowest BCUT2D eigenvalue weighted by Crippen LogP contribution is -2.39. The van der Waals surface area contributed by atoms with E-state index in [0.717, 1.165) is 12.8 Å². The van der Waals surface area contributed by atoms with E-state index in [1.807, 2.05) is 17.7 Å². The number of benzene rings is 2. The molecule has 0 saturated carbocycles. The molecule has 0 radical (unpaired) electrons. The van der Waals surface area contributed by atoms with Crippen LogP contribution in [0, 0.1) is 0 Å². The molecule has 2 aromatic carbocycles. The minimum atomic E-state index is -3.97. The molecule has 3 amide bonds. The summed E-state index contributed by atoms with van der Waals surface area (Å²) in [4.78, 5) is 23.6. The van der Waals surface area contributed by atoms with Crippen molar-refractivity contribution in [2.45, 2.75) is 24.7 Å². The number of sulfonamides is 1. The smallest absolute Gasteiger partial charge is 0.328 e. The van der Waals surface area contributed by atoms with Gasteiger partial charge in [-0.3, -0.25) is 4.79 Å². The Kier molecular flexibility index (Phi) is 6.74. The lowest BCUT2D eigenvalue weighted by molar-refractivity contribution is 0.102. The molecule has 0 aliphatic rings. The van der Waals surface area contributed by atoms with E-state index in [2.05, 4.69) is 10.6 Å². The minimum absolute atomic E-state index is 0.0687. The van der Waals surface area contributed by atoms with Crippen LogP contribution in [0.5, 0.6) is 0 Å². The average molecular weight is 375 g/mol. The first kappa shape index (κ1) is 19.5. The third kappa shape index (κ3) is 5.59. The number of carbonyl (C=O) groups is 2. The fourth-order valence-corrected chi connectivity index (χ4v) is 3.03. The second-order valence-corrected chi connectivity index (χ2v) is 7.24. The highest BCUT2D eigenvalue weighted by Gasteiger charge is 2.17. The molecule has 0 unspecified atom stereocenters. The monoisotopic (exact) mass is 375 g/mol. The van der Waals surface area contributed by atoms with Crippen LogP contribution >= 0.6 is 0 Å². The molecule has 26 heavy (non-hydrogen) atoms. The molecule has 0 heterocycles. The molecule has 0 aliphatic carbocycles. The van der Waals surface area contributed by atoms with Gasteiger partial charge in [0.2, 0.25) is 0 Å². The lowest BCUT2D eigenvalue weighted by atomic mass is 10.2. The third-order valence-corrected chi connectivity index (χ3v) is 4.85. The summed E-state index contributed by atoms with van der Waals surface area (Å²) >= 11 is 0. The molecule has 8 heteroatoms. The molecule has 0 bridgehead atoms. The minimum Gasteiger partial charge on any atom is -0.337 e. The standard InChI is InChI=1S/C18H21N3O4S/c1-2-3-13-19-18(23)21-26(24,25)16-11-9-15(10-12-16)20-17(22)14-7-5-4-6-8-14/h4-12H,2-3,13H2,1H3,(H,20,22)(H2,19,21,23). The van der Waals surface area contributed by atoms with Gasteiger partial charge >= 0.3 is 6.03 Å². The number of nitrogens with one attached hydrogen (secondary N) is 3. The highest BCUT2D eigenvalue weighted by atomic mass is 32.2. The van der Waals surface area contributed by atoms with Crippen molar-refractivity contribution < 1.29 is 18.0 Å². The van der Waals surface area contributed by atoms with E-state index in [4.69, 9.17) is 0 Å². The summed E-state index contributed by atoms with van der Waals surface area (Å²) in [5.74, 6) is -0.297. The molecule has 0 atom stereocenters. The first-order valence-electron chi connectivity index (χ1n) is 8.19. The van der Waals surface area contributed by atoms with Crippen LogP contribution in [-0.2, 0) is 10.0 Å². The summed E-state index contributed by atoms with van der Waals surface area (Å²) in [6, 6.07) is 13.5. The maximum Gasteiger partial charge on any atom is 0.328 e. The molecule has 2 rings (SSSR count). The van der Waals surface area contributed by atoms with Gasteiger partial charge in [-0.15, -0.1) is 0 Å². The second kappa shape index (κ2) is 9.00. The van der Waals surface area contributed by atoms with Crippen molar-refractivity contribution in [2.24, 2.45) is 0 Å². The van der Waals surface area contributed by atoms with Crippen molar-refractivity contribution >= 4 is 27.6 Å². The van der Waals surface area contributed by atoms with Gasteiger partial charge in [-0.05, 0) is 42.8 Å². The van der Waals surface area contributed by atoms with Gasteiger partial charge in [0.15, 0.2) is 0 Å². The van der Waals surface area contributed by atoms with Gasteiger partial charge in [-0.2, -0.15) is 0 Å². The Morgan fingerprint density at radius 1 is 0.962 bits per heavy atom. The van der Waals surface area contributed by atoms with E-state index in [1.54, 1.807) is 24.3 Å². The molecule has 7 nitrogen and oxygen atoms in total. The van der Waals surface area contributed by atoms with Crippen molar-refractivity contribution in [3.05, 3.63) is 60.2 Å². The summed E-state index contributed by atoms with van der Waals surface area (Å²) in [6.45, 7) is 2.37. The van der Waals surface area contributed by atoms with Crippen molar-refractivity contribution in [1.82, 2.24) is 10.0 Å². The lowest BCUT2D eigenvalue weighted by Gasteiger charge is -2.09. The Morgan fingerprint density at radius 3 is 2.23 bits per heavy atom. The number of rotatable bonds is 7. The van der Waals surface area contributed by atoms with Crippen LogP contribution in [0.25, 0.3) is 0 Å². The topological polar surface area (TPSA) is 104 Å². The molecule has 0 spiro atoms. The van der Waals surface area contributed by atoms with Crippen LogP contribution in [0.15, 0.2) is 59.5 Å². The number of amides is 3. The molecule has 0 aromatic heterocycles. The summed E-state index contributed by atoms with van der Waals surface area (Å²) in [5, 5.41) is 5.16. The predicted octanol–water partition coefficient (Wildman–Crippen LogP) is 2.73. The Morgan fingerprint density at radius 2 is 1.62 bits per heavy atom. The molecule has 0 aliphatic heterocycles. The van der Waals surface area contributed by atoms with Gasteiger partial charge in [0.1, 0.15) is 0 Å². The molecular formula is C18H21N3O4S. The third-order valence-electron chi connectivity index (χ3n) is 3.50. The van der Waals surface area contributed by atoms with Gasteiger partial charge < -0.3 is 10.6 Å². The number of anilines is 1. The molecule has 0 saturated heterocycles. The SMILES string of the molecule is CCCCNC(=O)NS(=O)(=O)c1ccc(NC(=O)c2ccccc2)cc1. The first-order chi connectivity index (χ1) is 12.4. The normalized spacial score (nSPS) is 10.8. The zero-order valence-corrected chi connectivity index (χ0v) is 15.2. The van der Waals surface area contributed by atoms with Crippen LogP contribution in [0.3, 0.4) is 0 Å². The van der Waals surface area contributed by atoms with Crippen LogP contribution in [0.2, 0.25) is 0 Å². The van der Waals surface area contributed by atoms with E-state index >= 15 is 0 Å². The summed E-state index contributed by atoms with van der Waals surface area (Å²) in [5.41, 5.74) is 0.944. The van der Waals surface area contributed by atoms with Crippen LogP contribution in [-0.4, -0.2) is 26.9 Å². The van der Waals surface area contributed by atoms with E-state index in [0.29, 0.717) is 17.8 Å². The first-order valence-corrected chi connectivity index (χ1v) is 9.68. The molecule has 3 N–H and O–H groups in total. The van der Waals surface area contributed by atoms with E-state index < -0.39 is 16.1 Å². The maximum absolute atomic E-state index is 12.2. The van der Waals surface area contributed by atoms with Crippen molar-refractivity contribution in [3.63, 3.8) is 0 Å². The summed E-state index contributed by atoms with van der Waals surface area (Å²) in [6.07, 6.45) is 1.66. The zero-order valence-electron chi connectivity index (χ0n) is 14.4. The number of unbranched alkanes of at least 4 members (excludes halogenated alkanes) is 1. The highest BCUT2D eigenvalue weighted by molar-refractivity contribution is 7.90. The van der Waals surface area contributed by atoms with Gasteiger partial charge in [0, 0.05) is 17.8 Å². The fourth-order valence-electron chi connectivity index (χ4n) is 2.11. The van der Waals surface area contributed by atoms with Crippen LogP contribution < -0.4 is 15.4 Å². The number of carbonyl (C=O) groups excluding carboxylic acids is 2. The maximum atomic E-state index is 12.2. The Hall–Kier alpha value is -2.87. The van der Waals surface area contributed by atoms with Crippen LogP contribution in [0.1, 0.15) is 30.1 Å². The quantitative estimate of drug-likeness (QED) is 0.647. The average Bonchev–Trinajstić information content (AvgIpc) is 2.62. The van der Waals surface area contributed by atoms with E-state index in [1.165, 1.54) is 24.3 Å². The molecule has 138 valence electrons. The van der Waals surface area contributed by atoms with Gasteiger partial charge in [0.25, 0.3) is 15.9 Å². The molecule has 2 aromatic rings. The highest BCUT2D eigenvalue weighted by Crippen LogP contribution is 2.15. The zero-order chi connectivity index (χ0) is 19.0. The van der Waals surface area contributed by atoms with E-state index in [-0.39, 0.29) is 10.8 Å². The van der Waals surface area contributed by atoms with Crippen LogP contribution in [0.4, 0.5) is 10.5 Å². The Balaban J connectivity index is 1.99. The van der Waals surface area contributed by atoms with Crippen molar-refractivity contribution in [2.75, 3.05) is 11.9 Å². The molecular weight excluding hydrogens is 354 g/mol. The molecule has 0 fully saturated rings. The predicted molar refractivity (Wildman–Crippen MR) is 99.5 cm³/mol. The largest absolute Gasteiger partial charge is 0.337 e. The summed E-state index contributed by atoms with van der Waals surface area (Å²) < 4.78 is 26.3. The summed E-state index contributed by atoms with van der Waals surface area (Å²) in [7, 11) is -3.97. The van der Waals surface area contributed by atoms with Crippen molar-refractivity contribution in [3.8, 4) is 0 Å². The second-order valence-electron chi connectivity index (χ2n) is 5.56. The van der Waals surface area contributed by atoms with Gasteiger partial charge in [-0.1, -0.05) is 31.5 Å². The number of hydrogen-bond acceptors (Lipinski definition) is 4. The number of hydrogen-bond donors (Lipinski definition) is 3. The van der Waals surface area contributed by atoms with E-state index in [9.17, 15) is 18.0 Å². The Bertz CT molecular complexity index is 850. The van der Waals surface area contributed by atoms with Crippen molar-refractivity contribution in [1.29, 1.82) is 0 Å². The Labute approximate surface area is 152 Å². The van der Waals surface area contributed by atoms with Gasteiger partial charge in [0.05, 0.1) is 4.90 Å². The van der Waals surface area contributed by atoms with Gasteiger partial charge in [-0.25, -0.2) is 17.9 Å². The fraction of sp³-hybridized carbons (Fsp3) is 0.222.